The summed E-state index contributed by atoms with van der Waals surface area (Å²) in [5.41, 5.74) is 2.10. The predicted octanol–water partition coefficient (Wildman–Crippen LogP) is 1.99. The van der Waals surface area contributed by atoms with Gasteiger partial charge in [-0.3, -0.25) is 0 Å². The third-order valence-corrected chi connectivity index (χ3v) is 5.03. The van der Waals surface area contributed by atoms with Gasteiger partial charge in [-0.15, -0.1) is 0 Å². The molecule has 2 aromatic heterocycles. The maximum absolute atomic E-state index is 4.92. The Morgan fingerprint density at radius 1 is 1.18 bits per heavy atom. The minimum atomic E-state index is 0.529. The Bertz CT molecular complexity index is 623. The van der Waals surface area contributed by atoms with Crippen molar-refractivity contribution >= 4 is 11.2 Å². The van der Waals surface area contributed by atoms with Gasteiger partial charge in [0.15, 0.2) is 5.65 Å². The first-order valence-corrected chi connectivity index (χ1v) is 8.66. The van der Waals surface area contributed by atoms with Crippen LogP contribution in [-0.2, 0) is 6.54 Å². The number of aromatic nitrogens is 3. The molecule has 4 heterocycles. The van der Waals surface area contributed by atoms with Crippen LogP contribution in [-0.4, -0.2) is 52.2 Å². The van der Waals surface area contributed by atoms with Crippen molar-refractivity contribution in [1.82, 2.24) is 24.8 Å². The number of fused-ring (bicyclic) bond motifs is 1. The molecule has 2 aliphatic heterocycles. The number of likely N-dealkylation sites (tertiary alicyclic amines) is 1. The molecule has 0 spiro atoms. The maximum atomic E-state index is 4.92. The quantitative estimate of drug-likeness (QED) is 0.938. The third-order valence-electron chi connectivity index (χ3n) is 5.03. The highest BCUT2D eigenvalue weighted by atomic mass is 15.2. The van der Waals surface area contributed by atoms with Crippen LogP contribution >= 0.6 is 0 Å². The molecule has 1 atom stereocenters. The molecule has 2 aromatic rings. The Balaban J connectivity index is 1.63. The lowest BCUT2D eigenvalue weighted by atomic mass is 9.99. The minimum absolute atomic E-state index is 0.529. The number of imidazole rings is 1. The van der Waals surface area contributed by atoms with Crippen LogP contribution in [0.4, 0.5) is 0 Å². The molecule has 1 N–H and O–H groups in total. The highest BCUT2D eigenvalue weighted by Gasteiger charge is 2.23. The van der Waals surface area contributed by atoms with Crippen molar-refractivity contribution in [1.29, 1.82) is 0 Å². The zero-order chi connectivity index (χ0) is 14.8. The number of piperidine rings is 1. The van der Waals surface area contributed by atoms with Gasteiger partial charge in [0.2, 0.25) is 0 Å². The van der Waals surface area contributed by atoms with Crippen molar-refractivity contribution in [3.05, 3.63) is 24.2 Å². The van der Waals surface area contributed by atoms with Gasteiger partial charge in [0, 0.05) is 31.7 Å². The summed E-state index contributed by atoms with van der Waals surface area (Å²) in [6.07, 6.45) is 7.07. The molecule has 0 amide bonds. The van der Waals surface area contributed by atoms with Crippen molar-refractivity contribution in [2.45, 2.75) is 38.1 Å². The summed E-state index contributed by atoms with van der Waals surface area (Å²) in [4.78, 5) is 12.1. The first-order valence-electron chi connectivity index (χ1n) is 8.66. The summed E-state index contributed by atoms with van der Waals surface area (Å²) in [5, 5.41) is 3.52. The second kappa shape index (κ2) is 6.34. The Kier molecular flexibility index (Phi) is 4.08. The second-order valence-corrected chi connectivity index (χ2v) is 6.56. The van der Waals surface area contributed by atoms with E-state index in [1.807, 2.05) is 12.3 Å². The summed E-state index contributed by atoms with van der Waals surface area (Å²) in [6.45, 7) is 6.82. The molecule has 2 fully saturated rings. The van der Waals surface area contributed by atoms with Gasteiger partial charge in [-0.05, 0) is 57.5 Å². The van der Waals surface area contributed by atoms with E-state index in [-0.39, 0.29) is 0 Å². The topological polar surface area (TPSA) is 46.0 Å². The standard InChI is InChI=1S/C17H25N5/c1-2-10-21(9-1)11-12-22-16(14-5-3-7-18-13-14)20-15-6-4-8-19-17(15)22/h4,6,8,14,18H,1-3,5,7,9-13H2. The van der Waals surface area contributed by atoms with E-state index in [1.54, 1.807) is 0 Å². The van der Waals surface area contributed by atoms with E-state index in [2.05, 4.69) is 25.8 Å². The Morgan fingerprint density at radius 2 is 2.09 bits per heavy atom. The van der Waals surface area contributed by atoms with Crippen LogP contribution in [0, 0.1) is 0 Å². The highest BCUT2D eigenvalue weighted by molar-refractivity contribution is 5.71. The molecular weight excluding hydrogens is 274 g/mol. The lowest BCUT2D eigenvalue weighted by molar-refractivity contribution is 0.318. The molecule has 0 bridgehead atoms. The summed E-state index contributed by atoms with van der Waals surface area (Å²) < 4.78 is 2.38. The number of pyridine rings is 1. The molecule has 2 saturated heterocycles. The molecule has 0 aromatic carbocycles. The van der Waals surface area contributed by atoms with Gasteiger partial charge in [0.1, 0.15) is 11.3 Å². The number of rotatable bonds is 4. The van der Waals surface area contributed by atoms with Gasteiger partial charge < -0.3 is 14.8 Å². The third kappa shape index (κ3) is 2.75. The second-order valence-electron chi connectivity index (χ2n) is 6.56. The number of hydrogen-bond donors (Lipinski definition) is 1. The van der Waals surface area contributed by atoms with Crippen molar-refractivity contribution < 1.29 is 0 Å². The highest BCUT2D eigenvalue weighted by Crippen LogP contribution is 2.26. The summed E-state index contributed by atoms with van der Waals surface area (Å²) in [5.74, 6) is 1.77. The van der Waals surface area contributed by atoms with Gasteiger partial charge >= 0.3 is 0 Å². The van der Waals surface area contributed by atoms with Crippen LogP contribution in [0.5, 0.6) is 0 Å². The molecule has 5 nitrogen and oxygen atoms in total. The molecule has 0 saturated carbocycles. The monoisotopic (exact) mass is 299 g/mol. The molecular formula is C17H25N5. The van der Waals surface area contributed by atoms with E-state index < -0.39 is 0 Å². The molecule has 22 heavy (non-hydrogen) atoms. The molecule has 4 rings (SSSR count). The normalized spacial score (nSPS) is 23.4. The molecule has 2 aliphatic rings. The van der Waals surface area contributed by atoms with Crippen LogP contribution in [0.1, 0.15) is 37.4 Å². The lowest BCUT2D eigenvalue weighted by Gasteiger charge is -2.24. The zero-order valence-electron chi connectivity index (χ0n) is 13.2. The van der Waals surface area contributed by atoms with Crippen molar-refractivity contribution in [2.75, 3.05) is 32.7 Å². The first kappa shape index (κ1) is 14.2. The van der Waals surface area contributed by atoms with Crippen LogP contribution in [0.3, 0.4) is 0 Å². The fourth-order valence-corrected chi connectivity index (χ4v) is 3.83. The SMILES string of the molecule is c1cnc2c(c1)nc(C1CCCNC1)n2CCN1CCCC1. The summed E-state index contributed by atoms with van der Waals surface area (Å²) in [7, 11) is 0. The maximum Gasteiger partial charge on any atom is 0.160 e. The van der Waals surface area contributed by atoms with Crippen molar-refractivity contribution in [2.24, 2.45) is 0 Å². The Morgan fingerprint density at radius 3 is 2.91 bits per heavy atom. The molecule has 0 aliphatic carbocycles. The van der Waals surface area contributed by atoms with Crippen molar-refractivity contribution in [3.63, 3.8) is 0 Å². The summed E-state index contributed by atoms with van der Waals surface area (Å²) >= 11 is 0. The van der Waals surface area contributed by atoms with E-state index in [4.69, 9.17) is 4.98 Å². The van der Waals surface area contributed by atoms with Gasteiger partial charge in [-0.1, -0.05) is 0 Å². The number of nitrogens with zero attached hydrogens (tertiary/aromatic N) is 4. The zero-order valence-corrected chi connectivity index (χ0v) is 13.2. The number of nitrogens with one attached hydrogen (secondary N) is 1. The van der Waals surface area contributed by atoms with Gasteiger partial charge in [0.25, 0.3) is 0 Å². The molecule has 118 valence electrons. The van der Waals surface area contributed by atoms with E-state index in [1.165, 1.54) is 44.6 Å². The number of hydrogen-bond acceptors (Lipinski definition) is 4. The van der Waals surface area contributed by atoms with Crippen LogP contribution < -0.4 is 5.32 Å². The smallest absolute Gasteiger partial charge is 0.160 e. The fourth-order valence-electron chi connectivity index (χ4n) is 3.83. The van der Waals surface area contributed by atoms with E-state index in [0.29, 0.717) is 5.92 Å². The van der Waals surface area contributed by atoms with Crippen LogP contribution in [0.25, 0.3) is 11.2 Å². The predicted molar refractivity (Wildman–Crippen MR) is 88.0 cm³/mol. The lowest BCUT2D eigenvalue weighted by Crippen LogP contribution is -2.31. The van der Waals surface area contributed by atoms with E-state index in [9.17, 15) is 0 Å². The molecule has 1 unspecified atom stereocenters. The Labute approximate surface area is 131 Å². The Hall–Kier alpha value is -1.46. The van der Waals surface area contributed by atoms with Gasteiger partial charge in [-0.2, -0.15) is 0 Å². The fraction of sp³-hybridized carbons (Fsp3) is 0.647. The average molecular weight is 299 g/mol. The van der Waals surface area contributed by atoms with E-state index in [0.717, 1.165) is 37.3 Å². The van der Waals surface area contributed by atoms with Crippen LogP contribution in [0.2, 0.25) is 0 Å². The van der Waals surface area contributed by atoms with Crippen molar-refractivity contribution in [3.8, 4) is 0 Å². The van der Waals surface area contributed by atoms with E-state index >= 15 is 0 Å². The van der Waals surface area contributed by atoms with Gasteiger partial charge in [-0.25, -0.2) is 9.97 Å². The molecule has 0 radical (unpaired) electrons. The average Bonchev–Trinajstić information content (AvgIpc) is 3.21. The molecule has 5 heteroatoms. The minimum Gasteiger partial charge on any atom is -0.316 e. The van der Waals surface area contributed by atoms with Gasteiger partial charge in [0.05, 0.1) is 0 Å². The summed E-state index contributed by atoms with van der Waals surface area (Å²) in [6, 6.07) is 4.08. The largest absolute Gasteiger partial charge is 0.316 e. The first-order chi connectivity index (χ1) is 10.9. The van der Waals surface area contributed by atoms with Crippen LogP contribution in [0.15, 0.2) is 18.3 Å².